The molecule has 3 heterocycles. The number of para-hydroxylation sites is 2. The first-order valence-electron chi connectivity index (χ1n) is 15.2. The van der Waals surface area contributed by atoms with Crippen molar-refractivity contribution in [3.05, 3.63) is 169 Å². The van der Waals surface area contributed by atoms with E-state index in [9.17, 15) is 0 Å². The molecule has 45 heavy (non-hydrogen) atoms. The molecule has 4 nitrogen and oxygen atoms in total. The lowest BCUT2D eigenvalue weighted by Crippen LogP contribution is -2.13. The summed E-state index contributed by atoms with van der Waals surface area (Å²) in [7, 11) is 0. The lowest BCUT2D eigenvalue weighted by Gasteiger charge is -2.26. The highest BCUT2D eigenvalue weighted by Gasteiger charge is 2.22. The van der Waals surface area contributed by atoms with Gasteiger partial charge in [-0.15, -0.1) is 0 Å². The molecule has 9 rings (SSSR count). The largest absolute Gasteiger partial charge is 0.459 e. The van der Waals surface area contributed by atoms with Crippen molar-refractivity contribution >= 4 is 55.5 Å². The molecular weight excluding hydrogens is 552 g/mol. The second kappa shape index (κ2) is 10.3. The van der Waals surface area contributed by atoms with Gasteiger partial charge in [-0.05, 0) is 65.2 Å². The quantitative estimate of drug-likeness (QED) is 0.220. The summed E-state index contributed by atoms with van der Waals surface area (Å²) in [6, 6.07) is 51.0. The average molecular weight is 581 g/mol. The summed E-state index contributed by atoms with van der Waals surface area (Å²) in [5.41, 5.74) is 11.7. The van der Waals surface area contributed by atoms with E-state index in [1.807, 2.05) is 30.3 Å². The minimum atomic E-state index is 0.683. The van der Waals surface area contributed by atoms with Gasteiger partial charge < -0.3 is 19.1 Å². The Balaban J connectivity index is 1.15. The molecule has 6 aromatic carbocycles. The van der Waals surface area contributed by atoms with Gasteiger partial charge in [-0.3, -0.25) is 0 Å². The number of furan rings is 2. The molecule has 0 unspecified atom stereocenters. The molecule has 2 aromatic heterocycles. The Hall–Kier alpha value is -6.00. The standard InChI is InChI=1S/C41H28N2O2/c1-2-8-27(9-3-1)28-14-18-30(19-15-28)43(32-22-23-34-33-10-4-6-12-37(33)44-39(34)24-32)31-20-16-29(17-21-31)36-25-42-26-40-41(36)35-11-5-7-13-38(35)45-40/h1-25,42H,26H2. The monoisotopic (exact) mass is 580 g/mol. The predicted octanol–water partition coefficient (Wildman–Crippen LogP) is 11.0. The number of benzene rings is 6. The molecule has 8 aromatic rings. The molecule has 0 bridgehead atoms. The van der Waals surface area contributed by atoms with Crippen molar-refractivity contribution in [2.24, 2.45) is 0 Å². The van der Waals surface area contributed by atoms with Gasteiger partial charge in [0.05, 0.1) is 6.54 Å². The van der Waals surface area contributed by atoms with Crippen LogP contribution in [0.4, 0.5) is 17.1 Å². The number of hydrogen-bond acceptors (Lipinski definition) is 4. The first kappa shape index (κ1) is 25.5. The first-order chi connectivity index (χ1) is 22.3. The van der Waals surface area contributed by atoms with Crippen LogP contribution in [0.5, 0.6) is 0 Å². The Morgan fingerprint density at radius 2 is 1.04 bits per heavy atom. The van der Waals surface area contributed by atoms with E-state index in [0.717, 1.165) is 66.9 Å². The summed E-state index contributed by atoms with van der Waals surface area (Å²) in [4.78, 5) is 2.29. The van der Waals surface area contributed by atoms with Gasteiger partial charge in [-0.25, -0.2) is 0 Å². The molecule has 1 aliphatic heterocycles. The van der Waals surface area contributed by atoms with Gasteiger partial charge >= 0.3 is 0 Å². The van der Waals surface area contributed by atoms with E-state index >= 15 is 0 Å². The van der Waals surface area contributed by atoms with Crippen LogP contribution in [0.2, 0.25) is 0 Å². The van der Waals surface area contributed by atoms with Crippen molar-refractivity contribution in [2.45, 2.75) is 6.54 Å². The number of nitrogens with one attached hydrogen (secondary N) is 1. The summed E-state index contributed by atoms with van der Waals surface area (Å²) in [5, 5.41) is 6.79. The third kappa shape index (κ3) is 4.30. The summed E-state index contributed by atoms with van der Waals surface area (Å²) in [6.07, 6.45) is 2.11. The highest BCUT2D eigenvalue weighted by molar-refractivity contribution is 6.06. The maximum Gasteiger partial charge on any atom is 0.137 e. The van der Waals surface area contributed by atoms with Crippen LogP contribution < -0.4 is 10.2 Å². The van der Waals surface area contributed by atoms with Gasteiger partial charge in [0.15, 0.2) is 0 Å². The molecule has 4 heteroatoms. The number of nitrogens with zero attached hydrogens (tertiary/aromatic N) is 1. The van der Waals surface area contributed by atoms with Crippen molar-refractivity contribution < 1.29 is 8.83 Å². The zero-order valence-corrected chi connectivity index (χ0v) is 24.4. The van der Waals surface area contributed by atoms with Gasteiger partial charge in [0, 0.05) is 56.6 Å². The molecule has 0 saturated heterocycles. The minimum absolute atomic E-state index is 0.683. The smallest absolute Gasteiger partial charge is 0.137 e. The van der Waals surface area contributed by atoms with E-state index in [0.29, 0.717) is 6.54 Å². The third-order valence-electron chi connectivity index (χ3n) is 8.74. The highest BCUT2D eigenvalue weighted by Crippen LogP contribution is 2.41. The van der Waals surface area contributed by atoms with Crippen LogP contribution in [0.3, 0.4) is 0 Å². The van der Waals surface area contributed by atoms with Crippen LogP contribution in [-0.2, 0) is 6.54 Å². The predicted molar refractivity (Wildman–Crippen MR) is 184 cm³/mol. The Bertz CT molecular complexity index is 2360. The van der Waals surface area contributed by atoms with Crippen molar-refractivity contribution in [3.8, 4) is 11.1 Å². The molecular formula is C41H28N2O2. The second-order valence-corrected chi connectivity index (χ2v) is 11.4. The topological polar surface area (TPSA) is 41.6 Å². The molecule has 0 spiro atoms. The molecule has 0 radical (unpaired) electrons. The van der Waals surface area contributed by atoms with Crippen molar-refractivity contribution in [2.75, 3.05) is 4.90 Å². The molecule has 1 aliphatic rings. The van der Waals surface area contributed by atoms with Crippen LogP contribution in [0.1, 0.15) is 16.9 Å². The number of hydrogen-bond donors (Lipinski definition) is 1. The Labute approximate surface area is 260 Å². The van der Waals surface area contributed by atoms with E-state index in [1.165, 1.54) is 16.7 Å². The fourth-order valence-corrected chi connectivity index (χ4v) is 6.59. The molecule has 1 N–H and O–H groups in total. The fourth-order valence-electron chi connectivity index (χ4n) is 6.59. The lowest BCUT2D eigenvalue weighted by molar-refractivity contribution is 0.531. The van der Waals surface area contributed by atoms with E-state index in [4.69, 9.17) is 8.83 Å². The summed E-state index contributed by atoms with van der Waals surface area (Å²) < 4.78 is 12.5. The summed E-state index contributed by atoms with van der Waals surface area (Å²) in [5.74, 6) is 0.969. The minimum Gasteiger partial charge on any atom is -0.459 e. The fraction of sp³-hybridized carbons (Fsp3) is 0.0244. The van der Waals surface area contributed by atoms with Crippen molar-refractivity contribution in [1.82, 2.24) is 5.32 Å². The van der Waals surface area contributed by atoms with Gasteiger partial charge in [0.25, 0.3) is 0 Å². The van der Waals surface area contributed by atoms with Gasteiger partial charge in [-0.1, -0.05) is 91.0 Å². The first-order valence-corrected chi connectivity index (χ1v) is 15.2. The van der Waals surface area contributed by atoms with E-state index in [2.05, 4.69) is 132 Å². The maximum absolute atomic E-state index is 6.30. The number of rotatable bonds is 5. The Morgan fingerprint density at radius 1 is 0.467 bits per heavy atom. The van der Waals surface area contributed by atoms with Crippen LogP contribution in [0.15, 0.2) is 161 Å². The lowest BCUT2D eigenvalue weighted by atomic mass is 9.94. The zero-order valence-electron chi connectivity index (χ0n) is 24.4. The third-order valence-corrected chi connectivity index (χ3v) is 8.74. The van der Waals surface area contributed by atoms with Crippen LogP contribution in [0, 0.1) is 0 Å². The van der Waals surface area contributed by atoms with Gasteiger partial charge in [0.2, 0.25) is 0 Å². The summed E-state index contributed by atoms with van der Waals surface area (Å²) in [6.45, 7) is 0.683. The van der Waals surface area contributed by atoms with Gasteiger partial charge in [0.1, 0.15) is 22.5 Å². The van der Waals surface area contributed by atoms with E-state index in [-0.39, 0.29) is 0 Å². The van der Waals surface area contributed by atoms with E-state index in [1.54, 1.807) is 0 Å². The molecule has 0 amide bonds. The van der Waals surface area contributed by atoms with Crippen molar-refractivity contribution in [3.63, 3.8) is 0 Å². The Kier molecular flexibility index (Phi) is 5.85. The summed E-state index contributed by atoms with van der Waals surface area (Å²) >= 11 is 0. The maximum atomic E-state index is 6.30. The SMILES string of the molecule is C1=C(c2ccc(N(c3ccc(-c4ccccc4)cc3)c3ccc4c(c3)oc3ccccc34)cc2)c2c(oc3ccccc23)CN1. The molecule has 0 atom stereocenters. The number of anilines is 3. The average Bonchev–Trinajstić information content (AvgIpc) is 3.68. The van der Waals surface area contributed by atoms with Gasteiger partial charge in [-0.2, -0.15) is 0 Å². The zero-order chi connectivity index (χ0) is 29.7. The molecule has 0 fully saturated rings. The van der Waals surface area contributed by atoms with E-state index < -0.39 is 0 Å². The second-order valence-electron chi connectivity index (χ2n) is 11.4. The molecule has 0 saturated carbocycles. The van der Waals surface area contributed by atoms with Crippen molar-refractivity contribution in [1.29, 1.82) is 0 Å². The van der Waals surface area contributed by atoms with Crippen LogP contribution in [-0.4, -0.2) is 0 Å². The van der Waals surface area contributed by atoms with Crippen LogP contribution >= 0.6 is 0 Å². The molecule has 214 valence electrons. The number of fused-ring (bicyclic) bond motifs is 6. The highest BCUT2D eigenvalue weighted by atomic mass is 16.3. The Morgan fingerprint density at radius 3 is 1.80 bits per heavy atom. The molecule has 0 aliphatic carbocycles. The van der Waals surface area contributed by atoms with Crippen LogP contribution in [0.25, 0.3) is 49.6 Å². The normalized spacial score (nSPS) is 12.7.